The lowest BCUT2D eigenvalue weighted by molar-refractivity contribution is 0.102. The largest absolute Gasteiger partial charge is 0.321 e. The summed E-state index contributed by atoms with van der Waals surface area (Å²) in [6.45, 7) is 4.17. The number of rotatable bonds is 4. The maximum atomic E-state index is 12.2. The van der Waals surface area contributed by atoms with Gasteiger partial charge in [-0.3, -0.25) is 4.79 Å². The Kier molecular flexibility index (Phi) is 4.72. The first-order valence-corrected chi connectivity index (χ1v) is 6.85. The number of carbonyl (C=O) groups is 1. The Balaban J connectivity index is 2.26. The van der Waals surface area contributed by atoms with Gasteiger partial charge in [-0.2, -0.15) is 0 Å². The van der Waals surface area contributed by atoms with Crippen LogP contribution in [0, 0.1) is 0 Å². The fourth-order valence-electron chi connectivity index (χ4n) is 2.14. The van der Waals surface area contributed by atoms with Gasteiger partial charge in [0, 0.05) is 16.8 Å². The van der Waals surface area contributed by atoms with Crippen LogP contribution in [0.3, 0.4) is 0 Å². The summed E-state index contributed by atoms with van der Waals surface area (Å²) < 4.78 is 0. The first-order valence-electron chi connectivity index (χ1n) is 6.85. The van der Waals surface area contributed by atoms with Gasteiger partial charge >= 0.3 is 0 Å². The second-order valence-corrected chi connectivity index (χ2v) is 4.66. The Morgan fingerprint density at radius 1 is 1.05 bits per heavy atom. The molecule has 2 heteroatoms. The van der Waals surface area contributed by atoms with Crippen molar-refractivity contribution in [3.05, 3.63) is 71.8 Å². The molecule has 0 heterocycles. The molecule has 0 spiro atoms. The molecule has 1 amide bonds. The van der Waals surface area contributed by atoms with E-state index in [0.29, 0.717) is 5.56 Å². The Bertz CT molecular complexity index is 614. The molecule has 0 atom stereocenters. The van der Waals surface area contributed by atoms with Crippen LogP contribution in [-0.2, 0) is 0 Å². The summed E-state index contributed by atoms with van der Waals surface area (Å²) in [5.74, 6) is -0.0812. The summed E-state index contributed by atoms with van der Waals surface area (Å²) >= 11 is 0. The van der Waals surface area contributed by atoms with Crippen LogP contribution in [0.25, 0.3) is 5.57 Å². The Morgan fingerprint density at radius 3 is 2.40 bits per heavy atom. The van der Waals surface area contributed by atoms with Crippen molar-refractivity contribution in [2.45, 2.75) is 20.3 Å². The molecule has 2 nitrogen and oxygen atoms in total. The van der Waals surface area contributed by atoms with Gasteiger partial charge in [-0.25, -0.2) is 0 Å². The van der Waals surface area contributed by atoms with Crippen LogP contribution in [0.2, 0.25) is 0 Å². The second kappa shape index (κ2) is 6.71. The van der Waals surface area contributed by atoms with Crippen molar-refractivity contribution in [3.8, 4) is 0 Å². The van der Waals surface area contributed by atoms with Crippen molar-refractivity contribution in [3.63, 3.8) is 0 Å². The molecule has 1 N–H and O–H groups in total. The summed E-state index contributed by atoms with van der Waals surface area (Å²) in [4.78, 5) is 12.2. The Labute approximate surface area is 120 Å². The monoisotopic (exact) mass is 265 g/mol. The van der Waals surface area contributed by atoms with Crippen LogP contribution >= 0.6 is 0 Å². The molecule has 20 heavy (non-hydrogen) atoms. The van der Waals surface area contributed by atoms with E-state index in [1.54, 1.807) is 0 Å². The summed E-state index contributed by atoms with van der Waals surface area (Å²) in [6.07, 6.45) is 3.14. The first-order chi connectivity index (χ1) is 9.72. The highest BCUT2D eigenvalue weighted by Crippen LogP contribution is 2.24. The Hall–Kier alpha value is -2.35. The minimum atomic E-state index is -0.0812. The minimum Gasteiger partial charge on any atom is -0.321 e. The van der Waals surface area contributed by atoms with Gasteiger partial charge in [-0.1, -0.05) is 49.4 Å². The minimum absolute atomic E-state index is 0.0812. The van der Waals surface area contributed by atoms with E-state index >= 15 is 0 Å². The van der Waals surface area contributed by atoms with Crippen LogP contribution in [0.5, 0.6) is 0 Å². The molecule has 0 aliphatic rings. The van der Waals surface area contributed by atoms with E-state index in [1.165, 1.54) is 5.57 Å². The van der Waals surface area contributed by atoms with Crippen molar-refractivity contribution in [1.29, 1.82) is 0 Å². The number of hydrogen-bond donors (Lipinski definition) is 1. The fourth-order valence-corrected chi connectivity index (χ4v) is 2.14. The highest BCUT2D eigenvalue weighted by atomic mass is 16.1. The standard InChI is InChI=1S/C18H19NO/c1-3-9-14(2)16-12-7-8-13-17(16)19-18(20)15-10-5-4-6-11-15/h4-13H,3H2,1-2H3,(H,19,20)/b14-9+. The number of nitrogens with one attached hydrogen (secondary N) is 1. The molecular formula is C18H19NO. The topological polar surface area (TPSA) is 29.1 Å². The summed E-state index contributed by atoms with van der Waals surface area (Å²) in [6, 6.07) is 17.1. The van der Waals surface area contributed by atoms with E-state index in [4.69, 9.17) is 0 Å². The fraction of sp³-hybridized carbons (Fsp3) is 0.167. The first kappa shape index (κ1) is 14.1. The van der Waals surface area contributed by atoms with Crippen molar-refractivity contribution in [2.75, 3.05) is 5.32 Å². The molecule has 0 bridgehead atoms. The molecule has 0 fully saturated rings. The van der Waals surface area contributed by atoms with Crippen LogP contribution < -0.4 is 5.32 Å². The predicted octanol–water partition coefficient (Wildman–Crippen LogP) is 4.75. The molecule has 2 aromatic rings. The van der Waals surface area contributed by atoms with E-state index in [0.717, 1.165) is 17.7 Å². The highest BCUT2D eigenvalue weighted by molar-refractivity contribution is 6.05. The maximum absolute atomic E-state index is 12.2. The van der Waals surface area contributed by atoms with Crippen LogP contribution in [-0.4, -0.2) is 5.91 Å². The van der Waals surface area contributed by atoms with E-state index in [9.17, 15) is 4.79 Å². The van der Waals surface area contributed by atoms with Crippen molar-refractivity contribution < 1.29 is 4.79 Å². The molecule has 102 valence electrons. The van der Waals surface area contributed by atoms with Gasteiger partial charge in [-0.05, 0) is 37.1 Å². The lowest BCUT2D eigenvalue weighted by Crippen LogP contribution is -2.12. The van der Waals surface area contributed by atoms with Gasteiger partial charge in [-0.15, -0.1) is 0 Å². The molecule has 0 aliphatic carbocycles. The van der Waals surface area contributed by atoms with Crippen molar-refractivity contribution in [1.82, 2.24) is 0 Å². The lowest BCUT2D eigenvalue weighted by atomic mass is 10.0. The van der Waals surface area contributed by atoms with E-state index in [1.807, 2.05) is 54.6 Å². The van der Waals surface area contributed by atoms with Crippen molar-refractivity contribution >= 4 is 17.2 Å². The molecule has 0 aliphatic heterocycles. The number of allylic oxidation sites excluding steroid dienone is 2. The smallest absolute Gasteiger partial charge is 0.255 e. The number of para-hydroxylation sites is 1. The maximum Gasteiger partial charge on any atom is 0.255 e. The van der Waals surface area contributed by atoms with Crippen LogP contribution in [0.1, 0.15) is 36.2 Å². The van der Waals surface area contributed by atoms with Gasteiger partial charge in [0.2, 0.25) is 0 Å². The molecular weight excluding hydrogens is 246 g/mol. The summed E-state index contributed by atoms with van der Waals surface area (Å²) in [5, 5.41) is 2.99. The zero-order valence-electron chi connectivity index (χ0n) is 11.9. The average Bonchev–Trinajstić information content (AvgIpc) is 2.49. The second-order valence-electron chi connectivity index (χ2n) is 4.66. The van der Waals surface area contributed by atoms with Gasteiger partial charge < -0.3 is 5.32 Å². The zero-order valence-corrected chi connectivity index (χ0v) is 11.9. The third-order valence-corrected chi connectivity index (χ3v) is 3.15. The third-order valence-electron chi connectivity index (χ3n) is 3.15. The molecule has 2 rings (SSSR count). The molecule has 0 saturated carbocycles. The van der Waals surface area contributed by atoms with Crippen LogP contribution in [0.15, 0.2) is 60.7 Å². The van der Waals surface area contributed by atoms with Gasteiger partial charge in [0.05, 0.1) is 0 Å². The van der Waals surface area contributed by atoms with Gasteiger partial charge in [0.1, 0.15) is 0 Å². The normalized spacial score (nSPS) is 11.2. The number of benzene rings is 2. The molecule has 0 unspecified atom stereocenters. The lowest BCUT2D eigenvalue weighted by Gasteiger charge is -2.11. The number of anilines is 1. The van der Waals surface area contributed by atoms with E-state index < -0.39 is 0 Å². The van der Waals surface area contributed by atoms with E-state index in [-0.39, 0.29) is 5.91 Å². The zero-order chi connectivity index (χ0) is 14.4. The molecule has 0 aromatic heterocycles. The predicted molar refractivity (Wildman–Crippen MR) is 84.8 cm³/mol. The number of amides is 1. The highest BCUT2D eigenvalue weighted by Gasteiger charge is 2.08. The summed E-state index contributed by atoms with van der Waals surface area (Å²) in [7, 11) is 0. The van der Waals surface area contributed by atoms with Crippen LogP contribution in [0.4, 0.5) is 5.69 Å². The SMILES string of the molecule is CC/C=C(\C)c1ccccc1NC(=O)c1ccccc1. The molecule has 2 aromatic carbocycles. The van der Waals surface area contributed by atoms with Crippen molar-refractivity contribution in [2.24, 2.45) is 0 Å². The average molecular weight is 265 g/mol. The number of carbonyl (C=O) groups excluding carboxylic acids is 1. The molecule has 0 radical (unpaired) electrons. The van der Waals surface area contributed by atoms with E-state index in [2.05, 4.69) is 25.2 Å². The molecule has 0 saturated heterocycles. The Morgan fingerprint density at radius 2 is 1.70 bits per heavy atom. The summed E-state index contributed by atoms with van der Waals surface area (Å²) in [5.41, 5.74) is 3.76. The third kappa shape index (κ3) is 3.35. The quantitative estimate of drug-likeness (QED) is 0.849. The number of hydrogen-bond acceptors (Lipinski definition) is 1. The van der Waals surface area contributed by atoms with Gasteiger partial charge in [0.25, 0.3) is 5.91 Å². The van der Waals surface area contributed by atoms with Gasteiger partial charge in [0.15, 0.2) is 0 Å².